The first-order chi connectivity index (χ1) is 12.0. The summed E-state index contributed by atoms with van der Waals surface area (Å²) in [7, 11) is 0. The Kier molecular flexibility index (Phi) is 5.03. The highest BCUT2D eigenvalue weighted by Crippen LogP contribution is 2.22. The number of benzene rings is 2. The van der Waals surface area contributed by atoms with Crippen molar-refractivity contribution in [3.05, 3.63) is 59.9 Å². The van der Waals surface area contributed by atoms with E-state index in [1.807, 2.05) is 55.5 Å². The lowest BCUT2D eigenvalue weighted by Crippen LogP contribution is -2.35. The van der Waals surface area contributed by atoms with Crippen LogP contribution in [0.4, 0.5) is 0 Å². The summed E-state index contributed by atoms with van der Waals surface area (Å²) in [5.41, 5.74) is 2.96. The molecule has 0 saturated heterocycles. The number of H-pyrrole nitrogens is 1. The third-order valence-corrected chi connectivity index (χ3v) is 4.04. The Morgan fingerprint density at radius 3 is 2.72 bits per heavy atom. The summed E-state index contributed by atoms with van der Waals surface area (Å²) in [5, 5.41) is 3.02. The fraction of sp³-hybridized carbons (Fsp3) is 0.300. The van der Waals surface area contributed by atoms with E-state index in [0.29, 0.717) is 5.75 Å². The Labute approximate surface area is 147 Å². The van der Waals surface area contributed by atoms with Crippen LogP contribution < -0.4 is 10.1 Å². The van der Waals surface area contributed by atoms with Crippen molar-refractivity contribution in [2.24, 2.45) is 5.92 Å². The van der Waals surface area contributed by atoms with Crippen LogP contribution in [-0.2, 0) is 4.79 Å². The standard InChI is InChI=1S/C20H23N3O2/c1-13(2)19(20-21-16-9-4-5-10-17(16)22-20)23-18(24)12-25-15-8-6-7-14(3)11-15/h4-11,13,19H,12H2,1-3H3,(H,21,22)(H,23,24). The minimum absolute atomic E-state index is 0.0209. The SMILES string of the molecule is Cc1cccc(OCC(=O)NC(c2nc3ccccc3[nH]2)C(C)C)c1. The average molecular weight is 337 g/mol. The molecule has 1 unspecified atom stereocenters. The van der Waals surface area contributed by atoms with Crippen molar-refractivity contribution in [3.63, 3.8) is 0 Å². The zero-order valence-electron chi connectivity index (χ0n) is 14.7. The van der Waals surface area contributed by atoms with E-state index in [1.165, 1.54) is 0 Å². The number of aromatic nitrogens is 2. The van der Waals surface area contributed by atoms with Gasteiger partial charge in [0.1, 0.15) is 11.6 Å². The van der Waals surface area contributed by atoms with Gasteiger partial charge in [0.05, 0.1) is 17.1 Å². The largest absolute Gasteiger partial charge is 0.484 e. The summed E-state index contributed by atoms with van der Waals surface area (Å²) in [6.45, 7) is 6.08. The minimum atomic E-state index is -0.194. The maximum absolute atomic E-state index is 12.3. The number of nitrogens with one attached hydrogen (secondary N) is 2. The second-order valence-electron chi connectivity index (χ2n) is 6.53. The van der Waals surface area contributed by atoms with Crippen LogP contribution in [0.2, 0.25) is 0 Å². The zero-order chi connectivity index (χ0) is 17.8. The van der Waals surface area contributed by atoms with Gasteiger partial charge in [0.2, 0.25) is 0 Å². The lowest BCUT2D eigenvalue weighted by Gasteiger charge is -2.20. The van der Waals surface area contributed by atoms with Crippen LogP contribution in [0.3, 0.4) is 0 Å². The van der Waals surface area contributed by atoms with Crippen molar-refractivity contribution >= 4 is 16.9 Å². The molecule has 1 atom stereocenters. The molecule has 0 aliphatic heterocycles. The van der Waals surface area contributed by atoms with Crippen molar-refractivity contribution in [3.8, 4) is 5.75 Å². The molecule has 2 N–H and O–H groups in total. The topological polar surface area (TPSA) is 67.0 Å². The van der Waals surface area contributed by atoms with Crippen molar-refractivity contribution < 1.29 is 9.53 Å². The first kappa shape index (κ1) is 17.0. The van der Waals surface area contributed by atoms with Gasteiger partial charge in [-0.15, -0.1) is 0 Å². The van der Waals surface area contributed by atoms with E-state index >= 15 is 0 Å². The second kappa shape index (κ2) is 7.38. The summed E-state index contributed by atoms with van der Waals surface area (Å²) in [5.74, 6) is 1.49. The molecule has 0 aliphatic rings. The summed E-state index contributed by atoms with van der Waals surface area (Å²) in [6, 6.07) is 15.3. The Balaban J connectivity index is 1.68. The molecule has 5 heteroatoms. The van der Waals surface area contributed by atoms with Gasteiger partial charge in [-0.1, -0.05) is 38.1 Å². The van der Waals surface area contributed by atoms with Crippen molar-refractivity contribution in [1.82, 2.24) is 15.3 Å². The third-order valence-electron chi connectivity index (χ3n) is 4.04. The van der Waals surface area contributed by atoms with E-state index < -0.39 is 0 Å². The summed E-state index contributed by atoms with van der Waals surface area (Å²) >= 11 is 0. The Hall–Kier alpha value is -2.82. The van der Waals surface area contributed by atoms with Gasteiger partial charge in [0.15, 0.2) is 6.61 Å². The van der Waals surface area contributed by atoms with Crippen LogP contribution >= 0.6 is 0 Å². The van der Waals surface area contributed by atoms with Crippen LogP contribution in [0.1, 0.15) is 31.3 Å². The number of hydrogen-bond acceptors (Lipinski definition) is 3. The Morgan fingerprint density at radius 2 is 2.00 bits per heavy atom. The normalized spacial score (nSPS) is 12.3. The number of aromatic amines is 1. The average Bonchev–Trinajstić information content (AvgIpc) is 3.01. The molecule has 0 radical (unpaired) electrons. The van der Waals surface area contributed by atoms with Gasteiger partial charge in [0, 0.05) is 0 Å². The first-order valence-electron chi connectivity index (χ1n) is 8.46. The molecular formula is C20H23N3O2. The van der Waals surface area contributed by atoms with Gasteiger partial charge in [-0.25, -0.2) is 4.98 Å². The number of carbonyl (C=O) groups excluding carboxylic acids is 1. The number of amides is 1. The van der Waals surface area contributed by atoms with Crippen LogP contribution in [-0.4, -0.2) is 22.5 Å². The monoisotopic (exact) mass is 337 g/mol. The number of nitrogens with zero attached hydrogens (tertiary/aromatic N) is 1. The number of ether oxygens (including phenoxy) is 1. The van der Waals surface area contributed by atoms with Crippen molar-refractivity contribution in [1.29, 1.82) is 0 Å². The minimum Gasteiger partial charge on any atom is -0.484 e. The van der Waals surface area contributed by atoms with Gasteiger partial charge in [-0.3, -0.25) is 4.79 Å². The van der Waals surface area contributed by atoms with Crippen LogP contribution in [0.25, 0.3) is 11.0 Å². The van der Waals surface area contributed by atoms with Crippen LogP contribution in [0.5, 0.6) is 5.75 Å². The van der Waals surface area contributed by atoms with Crippen molar-refractivity contribution in [2.75, 3.05) is 6.61 Å². The van der Waals surface area contributed by atoms with Crippen LogP contribution in [0.15, 0.2) is 48.5 Å². The third kappa shape index (κ3) is 4.18. The van der Waals surface area contributed by atoms with Gasteiger partial charge in [-0.2, -0.15) is 0 Å². The first-order valence-corrected chi connectivity index (χ1v) is 8.46. The molecule has 25 heavy (non-hydrogen) atoms. The van der Waals surface area contributed by atoms with Gasteiger partial charge < -0.3 is 15.0 Å². The Morgan fingerprint density at radius 1 is 1.20 bits per heavy atom. The summed E-state index contributed by atoms with van der Waals surface area (Å²) in [4.78, 5) is 20.2. The van der Waals surface area contributed by atoms with Crippen molar-refractivity contribution in [2.45, 2.75) is 26.8 Å². The van der Waals surface area contributed by atoms with Gasteiger partial charge >= 0.3 is 0 Å². The van der Waals surface area contributed by atoms with E-state index in [2.05, 4.69) is 29.1 Å². The molecule has 0 bridgehead atoms. The van der Waals surface area contributed by atoms with Gasteiger partial charge in [0.25, 0.3) is 5.91 Å². The summed E-state index contributed by atoms with van der Waals surface area (Å²) in [6.07, 6.45) is 0. The molecule has 0 aliphatic carbocycles. The molecule has 3 aromatic rings. The smallest absolute Gasteiger partial charge is 0.258 e. The number of aryl methyl sites for hydroxylation is 1. The molecule has 1 heterocycles. The number of carbonyl (C=O) groups is 1. The maximum atomic E-state index is 12.3. The van der Waals surface area contributed by atoms with Gasteiger partial charge in [-0.05, 0) is 42.7 Å². The second-order valence-corrected chi connectivity index (χ2v) is 6.53. The number of hydrogen-bond donors (Lipinski definition) is 2. The number of para-hydroxylation sites is 2. The summed E-state index contributed by atoms with van der Waals surface area (Å²) < 4.78 is 5.58. The van der Waals surface area contributed by atoms with E-state index in [-0.39, 0.29) is 24.5 Å². The molecule has 0 spiro atoms. The molecule has 0 saturated carbocycles. The Bertz CT molecular complexity index is 837. The predicted molar refractivity (Wildman–Crippen MR) is 98.5 cm³/mol. The highest BCUT2D eigenvalue weighted by atomic mass is 16.5. The van der Waals surface area contributed by atoms with E-state index in [1.54, 1.807) is 0 Å². The lowest BCUT2D eigenvalue weighted by molar-refractivity contribution is -0.124. The fourth-order valence-electron chi connectivity index (χ4n) is 2.74. The lowest BCUT2D eigenvalue weighted by atomic mass is 10.0. The fourth-order valence-corrected chi connectivity index (χ4v) is 2.74. The molecule has 1 aromatic heterocycles. The highest BCUT2D eigenvalue weighted by Gasteiger charge is 2.22. The molecule has 1 amide bonds. The van der Waals surface area contributed by atoms with Crippen LogP contribution in [0, 0.1) is 12.8 Å². The highest BCUT2D eigenvalue weighted by molar-refractivity contribution is 5.78. The maximum Gasteiger partial charge on any atom is 0.258 e. The van der Waals surface area contributed by atoms with E-state index in [4.69, 9.17) is 4.74 Å². The molecule has 2 aromatic carbocycles. The number of fused-ring (bicyclic) bond motifs is 1. The molecule has 5 nitrogen and oxygen atoms in total. The molecule has 0 fully saturated rings. The van der Waals surface area contributed by atoms with E-state index in [0.717, 1.165) is 22.4 Å². The quantitative estimate of drug-likeness (QED) is 0.719. The number of rotatable bonds is 6. The zero-order valence-corrected chi connectivity index (χ0v) is 14.7. The molecular weight excluding hydrogens is 314 g/mol. The van der Waals surface area contributed by atoms with E-state index in [9.17, 15) is 4.79 Å². The molecule has 3 rings (SSSR count). The predicted octanol–water partition coefficient (Wildman–Crippen LogP) is 3.76. The number of imidazole rings is 1. The molecule has 130 valence electrons.